The van der Waals surface area contributed by atoms with Crippen molar-refractivity contribution in [2.75, 3.05) is 39.0 Å². The van der Waals surface area contributed by atoms with E-state index in [2.05, 4.69) is 51.3 Å². The van der Waals surface area contributed by atoms with E-state index in [1.54, 1.807) is 56.0 Å². The zero-order chi connectivity index (χ0) is 54.2. The quantitative estimate of drug-likeness (QED) is 0.0372. The Balaban J connectivity index is 1.01. The normalized spacial score (nSPS) is 18.4. The van der Waals surface area contributed by atoms with Gasteiger partial charge >= 0.3 is 17.8 Å². The maximum absolute atomic E-state index is 14.4. The first-order valence-electron chi connectivity index (χ1n) is 25.5. The van der Waals surface area contributed by atoms with Gasteiger partial charge in [-0.1, -0.05) is 35.8 Å². The number of rotatable bonds is 28. The number of unbranched alkanes of at least 4 members (excludes halogenated alkanes) is 2. The summed E-state index contributed by atoms with van der Waals surface area (Å²) in [6, 6.07) is 4.33. The van der Waals surface area contributed by atoms with Crippen molar-refractivity contribution in [1.82, 2.24) is 51.7 Å². The molecule has 4 heterocycles. The maximum atomic E-state index is 14.4. The van der Waals surface area contributed by atoms with Crippen LogP contribution in [0.25, 0.3) is 11.4 Å². The summed E-state index contributed by atoms with van der Waals surface area (Å²) in [5.74, 6) is -3.16. The minimum absolute atomic E-state index is 0.00790. The van der Waals surface area contributed by atoms with Crippen molar-refractivity contribution in [3.05, 3.63) is 63.1 Å². The highest BCUT2D eigenvalue weighted by Gasteiger charge is 2.42. The number of amides is 7. The molecule has 3 aliphatic rings. The Morgan fingerprint density at radius 1 is 0.853 bits per heavy atom. The van der Waals surface area contributed by atoms with Gasteiger partial charge in [-0.05, 0) is 107 Å². The predicted molar refractivity (Wildman–Crippen MR) is 277 cm³/mol. The van der Waals surface area contributed by atoms with Crippen molar-refractivity contribution >= 4 is 63.3 Å². The van der Waals surface area contributed by atoms with E-state index in [-0.39, 0.29) is 72.9 Å². The van der Waals surface area contributed by atoms with Crippen LogP contribution in [0.5, 0.6) is 5.75 Å². The van der Waals surface area contributed by atoms with Gasteiger partial charge in [-0.3, -0.25) is 33.5 Å². The number of sulfonamides is 1. The second-order valence-electron chi connectivity index (χ2n) is 19.3. The number of carbonyl (C=O) groups excluding carboxylic acids is 6. The molecule has 0 radical (unpaired) electrons. The number of fused-ring (bicyclic) bond motifs is 1. The van der Waals surface area contributed by atoms with E-state index in [0.717, 1.165) is 37.9 Å². The largest absolute Gasteiger partial charge is 0.496 e. The number of H-pyrrole nitrogens is 1. The van der Waals surface area contributed by atoms with Crippen LogP contribution in [0.2, 0.25) is 0 Å². The van der Waals surface area contributed by atoms with Crippen LogP contribution in [0.3, 0.4) is 0 Å². The fraction of sp³-hybridized carbons (Fsp3) is 0.580. The van der Waals surface area contributed by atoms with E-state index < -0.39 is 64.0 Å². The summed E-state index contributed by atoms with van der Waals surface area (Å²) in [5, 5.41) is 30.5. The van der Waals surface area contributed by atoms with Crippen LogP contribution >= 0.6 is 11.8 Å². The molecule has 7 amide bonds. The van der Waals surface area contributed by atoms with Gasteiger partial charge in [0.25, 0.3) is 0 Å². The number of aromatic nitrogens is 2. The molecule has 75 heavy (non-hydrogen) atoms. The fourth-order valence-electron chi connectivity index (χ4n) is 9.60. The smallest absolute Gasteiger partial charge is 0.439 e. The van der Waals surface area contributed by atoms with Gasteiger partial charge in [0.1, 0.15) is 23.9 Å². The Morgan fingerprint density at radius 3 is 2.25 bits per heavy atom. The number of carboxylic acid groups (broad SMARTS) is 1. The number of piperidine rings is 1. The van der Waals surface area contributed by atoms with Crippen molar-refractivity contribution < 1.29 is 56.3 Å². The third kappa shape index (κ3) is 16.5. The number of benzene rings is 2. The number of nitrogens with one attached hydrogen (secondary N) is 8. The van der Waals surface area contributed by atoms with Gasteiger partial charge in [0, 0.05) is 62.0 Å². The van der Waals surface area contributed by atoms with E-state index in [1.165, 1.54) is 7.11 Å². The monoisotopic (exact) mass is 1080 g/mol. The molecule has 410 valence electrons. The molecule has 0 unspecified atom stereocenters. The Labute approximate surface area is 440 Å². The van der Waals surface area contributed by atoms with Crippen LogP contribution in [0.4, 0.5) is 4.79 Å². The van der Waals surface area contributed by atoms with Crippen molar-refractivity contribution in [2.24, 2.45) is 0 Å². The molecule has 3 saturated heterocycles. The molecule has 3 aliphatic heterocycles. The molecule has 6 rings (SSSR count). The number of hydrogen-bond donors (Lipinski definition) is 9. The van der Waals surface area contributed by atoms with E-state index in [1.807, 2.05) is 11.8 Å². The molecule has 25 heteroatoms. The summed E-state index contributed by atoms with van der Waals surface area (Å²) in [5.41, 5.74) is 2.38. The van der Waals surface area contributed by atoms with Gasteiger partial charge in [0.15, 0.2) is 5.82 Å². The zero-order valence-corrected chi connectivity index (χ0v) is 44.5. The molecule has 0 aliphatic carbocycles. The molecule has 9 N–H and O–H groups in total. The number of aryl methyl sites for hydroxylation is 1. The molecular formula is C50H70N10O13S2. The number of ether oxygens (including phenoxy) is 1. The number of thioether (sulfide) groups is 1. The van der Waals surface area contributed by atoms with E-state index in [4.69, 9.17) is 4.74 Å². The number of methoxy groups -OCH3 is 1. The van der Waals surface area contributed by atoms with Crippen LogP contribution in [-0.2, 0) is 45.2 Å². The molecule has 0 saturated carbocycles. The first-order chi connectivity index (χ1) is 35.8. The van der Waals surface area contributed by atoms with E-state index >= 15 is 0 Å². The van der Waals surface area contributed by atoms with Crippen molar-refractivity contribution in [1.29, 1.82) is 0 Å². The predicted octanol–water partition coefficient (Wildman–Crippen LogP) is 2.22. The molecule has 2 aromatic carbocycles. The van der Waals surface area contributed by atoms with Crippen LogP contribution in [-0.4, -0.2) is 145 Å². The van der Waals surface area contributed by atoms with Gasteiger partial charge in [0.2, 0.25) is 39.6 Å². The Hall–Kier alpha value is -6.47. The lowest BCUT2D eigenvalue weighted by Gasteiger charge is -2.31. The molecule has 1 aromatic heterocycles. The summed E-state index contributed by atoms with van der Waals surface area (Å²) in [7, 11) is -3.05. The van der Waals surface area contributed by atoms with Crippen LogP contribution in [0, 0.1) is 20.8 Å². The Morgan fingerprint density at radius 2 is 1.56 bits per heavy atom. The number of hydrogen-bond acceptors (Lipinski definition) is 14. The van der Waals surface area contributed by atoms with Crippen LogP contribution < -0.4 is 47.1 Å². The van der Waals surface area contributed by atoms with Crippen molar-refractivity contribution in [3.8, 4) is 17.1 Å². The second-order valence-corrected chi connectivity index (χ2v) is 22.2. The van der Waals surface area contributed by atoms with E-state index in [0.29, 0.717) is 84.1 Å². The van der Waals surface area contributed by atoms with Crippen LogP contribution in [0.1, 0.15) is 106 Å². The second kappa shape index (κ2) is 27.4. The highest BCUT2D eigenvalue weighted by molar-refractivity contribution is 8.00. The highest BCUT2D eigenvalue weighted by atomic mass is 32.2. The molecule has 3 fully saturated rings. The van der Waals surface area contributed by atoms with Gasteiger partial charge in [0.05, 0.1) is 30.5 Å². The third-order valence-electron chi connectivity index (χ3n) is 13.7. The molecule has 0 bridgehead atoms. The van der Waals surface area contributed by atoms with Crippen LogP contribution in [0.15, 0.2) is 44.5 Å². The fourth-order valence-corrected chi connectivity index (χ4v) is 12.9. The molecule has 0 spiro atoms. The number of carboxylic acids is 1. The number of aromatic amines is 1. The average molecular weight is 1080 g/mol. The summed E-state index contributed by atoms with van der Waals surface area (Å²) in [6.07, 6.45) is 5.54. The minimum Gasteiger partial charge on any atom is -0.496 e. The molecule has 3 aromatic rings. The zero-order valence-electron chi connectivity index (χ0n) is 42.8. The highest BCUT2D eigenvalue weighted by Crippen LogP contribution is 2.34. The van der Waals surface area contributed by atoms with Gasteiger partial charge in [-0.15, -0.1) is 0 Å². The summed E-state index contributed by atoms with van der Waals surface area (Å²) < 4.78 is 41.0. The Kier molecular flexibility index (Phi) is 21.1. The standard InChI is InChI=1S/C50H70N10O13S2/c1-29-25-38(72-4)30(2)31(3)44(29)75(70,71)59-35(46(64)54-36(47(65)60-23-10-5-11-24-60)26-32-17-19-33(20-18-32)45-57-50(69)73-58-45)27-42(63)52-22-12-16-41(62)53-34(48(66)67)13-8-9-21-51-40(61)15-7-6-14-39-43-37(28-74-39)55-49(68)56-43/h17-20,25,34-37,39,43,59H,5-16,21-24,26-28H2,1-4H3,(H,51,61)(H,52,63)(H,53,62)(H,54,64)(H,66,67)(H2,55,56,68)(H,57,58,69)/t34-,35-,36+,37-,39-,43-/m0/s1. The third-order valence-corrected chi connectivity index (χ3v) is 17.0. The number of urea groups is 1. The lowest BCUT2D eigenvalue weighted by Crippen LogP contribution is -2.56. The average Bonchev–Trinajstić information content (AvgIpc) is 4.09. The number of likely N-dealkylation sites (tertiary alicyclic amines) is 1. The van der Waals surface area contributed by atoms with Gasteiger partial charge in [-0.2, -0.15) is 16.5 Å². The molecule has 23 nitrogen and oxygen atoms in total. The lowest BCUT2D eigenvalue weighted by molar-refractivity contribution is -0.142. The number of aliphatic carboxylic acids is 1. The SMILES string of the molecule is COc1cc(C)c(S(=O)(=O)N[C@@H](CC(=O)NCCCC(=O)N[C@@H](CCCCNC(=O)CCCC[C@@H]2SC[C@@H]3NC(=O)N[C@@H]32)C(=O)O)C(=O)N[C@H](Cc2ccc(-c3noc(=O)[nH]3)cc2)C(=O)N2CCCCC2)c(C)c1C. The van der Waals surface area contributed by atoms with Gasteiger partial charge < -0.3 is 46.6 Å². The Bertz CT molecular complexity index is 2690. The molecule has 6 atom stereocenters. The molecular weight excluding hydrogens is 1010 g/mol. The van der Waals surface area contributed by atoms with Crippen molar-refractivity contribution in [2.45, 2.75) is 151 Å². The minimum atomic E-state index is -4.51. The topological polar surface area (TPSA) is 329 Å². The summed E-state index contributed by atoms with van der Waals surface area (Å²) >= 11 is 1.83. The number of nitrogens with zero attached hydrogens (tertiary/aromatic N) is 2. The lowest BCUT2D eigenvalue weighted by atomic mass is 10.0. The van der Waals surface area contributed by atoms with E-state index in [9.17, 15) is 51.9 Å². The van der Waals surface area contributed by atoms with Crippen molar-refractivity contribution in [3.63, 3.8) is 0 Å². The first-order valence-corrected chi connectivity index (χ1v) is 28.0. The number of carbonyl (C=O) groups is 7. The summed E-state index contributed by atoms with van der Waals surface area (Å²) in [4.78, 5) is 107. The maximum Gasteiger partial charge on any atom is 0.439 e. The summed E-state index contributed by atoms with van der Waals surface area (Å²) in [6.45, 7) is 6.06. The first kappa shape index (κ1) is 57.8. The van der Waals surface area contributed by atoms with Gasteiger partial charge in [-0.25, -0.2) is 22.8 Å².